The van der Waals surface area contributed by atoms with Gasteiger partial charge < -0.3 is 14.4 Å². The van der Waals surface area contributed by atoms with Gasteiger partial charge in [0.05, 0.1) is 18.4 Å². The van der Waals surface area contributed by atoms with Crippen LogP contribution in [0.2, 0.25) is 0 Å². The third-order valence-corrected chi connectivity index (χ3v) is 4.13. The van der Waals surface area contributed by atoms with Crippen molar-refractivity contribution in [1.29, 1.82) is 0 Å². The third kappa shape index (κ3) is 3.64. The van der Waals surface area contributed by atoms with Crippen LogP contribution < -0.4 is 9.47 Å². The van der Waals surface area contributed by atoms with Crippen molar-refractivity contribution in [3.8, 4) is 11.6 Å². The third-order valence-electron chi connectivity index (χ3n) is 4.13. The zero-order valence-corrected chi connectivity index (χ0v) is 13.9. The molecule has 3 rings (SSSR count). The largest absolute Gasteiger partial charge is 0.496 e. The molecule has 1 amide bonds. The van der Waals surface area contributed by atoms with E-state index in [1.807, 2.05) is 36.1 Å². The van der Waals surface area contributed by atoms with Gasteiger partial charge >= 0.3 is 0 Å². The summed E-state index contributed by atoms with van der Waals surface area (Å²) in [5, 5.41) is 8.02. The van der Waals surface area contributed by atoms with Gasteiger partial charge in [0.25, 0.3) is 5.91 Å². The Labute approximate surface area is 141 Å². The Morgan fingerprint density at radius 3 is 2.54 bits per heavy atom. The Morgan fingerprint density at radius 1 is 1.12 bits per heavy atom. The van der Waals surface area contributed by atoms with E-state index in [-0.39, 0.29) is 12.0 Å². The Kier molecular flexibility index (Phi) is 4.93. The number of carbonyl (C=O) groups is 1. The van der Waals surface area contributed by atoms with E-state index in [4.69, 9.17) is 9.47 Å². The van der Waals surface area contributed by atoms with Crippen molar-refractivity contribution in [2.45, 2.75) is 25.9 Å². The number of para-hydroxylation sites is 1. The lowest BCUT2D eigenvalue weighted by molar-refractivity contribution is 0.0583. The van der Waals surface area contributed by atoms with E-state index in [0.717, 1.165) is 18.5 Å². The fourth-order valence-corrected chi connectivity index (χ4v) is 2.79. The first-order chi connectivity index (χ1) is 11.7. The van der Waals surface area contributed by atoms with Crippen LogP contribution in [-0.2, 0) is 0 Å². The molecule has 0 atom stereocenters. The standard InChI is InChI=1S/C18H21N3O3/c1-13-7-8-17(20-19-13)24-14-9-11-21(12-10-14)18(22)15-5-3-4-6-16(15)23-2/h3-8,14H,9-12H2,1-2H3. The number of aromatic nitrogens is 2. The molecule has 1 aliphatic rings. The summed E-state index contributed by atoms with van der Waals surface area (Å²) in [6.45, 7) is 3.19. The molecular weight excluding hydrogens is 306 g/mol. The molecule has 6 heteroatoms. The number of aryl methyl sites for hydroxylation is 1. The van der Waals surface area contributed by atoms with Crippen LogP contribution in [0.25, 0.3) is 0 Å². The number of benzene rings is 1. The van der Waals surface area contributed by atoms with Crippen molar-refractivity contribution in [2.24, 2.45) is 0 Å². The van der Waals surface area contributed by atoms with Crippen LogP contribution in [0.1, 0.15) is 28.9 Å². The zero-order valence-electron chi connectivity index (χ0n) is 13.9. The highest BCUT2D eigenvalue weighted by molar-refractivity contribution is 5.97. The van der Waals surface area contributed by atoms with Crippen molar-refractivity contribution < 1.29 is 14.3 Å². The molecule has 0 radical (unpaired) electrons. The summed E-state index contributed by atoms with van der Waals surface area (Å²) < 4.78 is 11.1. The van der Waals surface area contributed by atoms with E-state index in [2.05, 4.69) is 10.2 Å². The number of methoxy groups -OCH3 is 1. The first kappa shape index (κ1) is 16.2. The van der Waals surface area contributed by atoms with Crippen molar-refractivity contribution in [3.63, 3.8) is 0 Å². The van der Waals surface area contributed by atoms with E-state index in [9.17, 15) is 4.79 Å². The molecule has 1 saturated heterocycles. The maximum absolute atomic E-state index is 12.7. The topological polar surface area (TPSA) is 64.5 Å². The van der Waals surface area contributed by atoms with Crippen LogP contribution in [-0.4, -0.2) is 47.3 Å². The van der Waals surface area contributed by atoms with Gasteiger partial charge in [-0.1, -0.05) is 12.1 Å². The van der Waals surface area contributed by atoms with Gasteiger partial charge in [-0.25, -0.2) is 0 Å². The molecule has 2 heterocycles. The van der Waals surface area contributed by atoms with Crippen molar-refractivity contribution in [1.82, 2.24) is 15.1 Å². The van der Waals surface area contributed by atoms with E-state index in [1.165, 1.54) is 0 Å². The van der Waals surface area contributed by atoms with Crippen LogP contribution in [0.4, 0.5) is 0 Å². The minimum absolute atomic E-state index is 0.000951. The molecule has 0 unspecified atom stereocenters. The van der Waals surface area contributed by atoms with Crippen LogP contribution in [0.3, 0.4) is 0 Å². The van der Waals surface area contributed by atoms with Gasteiger partial charge in [0.1, 0.15) is 11.9 Å². The number of ether oxygens (including phenoxy) is 2. The summed E-state index contributed by atoms with van der Waals surface area (Å²) in [6, 6.07) is 11.0. The maximum Gasteiger partial charge on any atom is 0.257 e. The minimum atomic E-state index is 0.000951. The number of nitrogens with zero attached hydrogens (tertiary/aromatic N) is 3. The molecule has 1 fully saturated rings. The second kappa shape index (κ2) is 7.29. The van der Waals surface area contributed by atoms with Gasteiger partial charge in [-0.2, -0.15) is 5.10 Å². The highest BCUT2D eigenvalue weighted by atomic mass is 16.5. The van der Waals surface area contributed by atoms with Crippen molar-refractivity contribution in [3.05, 3.63) is 47.7 Å². The maximum atomic E-state index is 12.7. The Morgan fingerprint density at radius 2 is 1.88 bits per heavy atom. The van der Waals surface area contributed by atoms with Crippen LogP contribution in [0, 0.1) is 6.92 Å². The molecule has 0 N–H and O–H groups in total. The molecule has 24 heavy (non-hydrogen) atoms. The summed E-state index contributed by atoms with van der Waals surface area (Å²) in [5.74, 6) is 1.15. The fourth-order valence-electron chi connectivity index (χ4n) is 2.79. The summed E-state index contributed by atoms with van der Waals surface area (Å²) in [7, 11) is 1.58. The number of amides is 1. The number of hydrogen-bond donors (Lipinski definition) is 0. The van der Waals surface area contributed by atoms with Gasteiger partial charge in [-0.05, 0) is 25.1 Å². The number of rotatable bonds is 4. The van der Waals surface area contributed by atoms with Gasteiger partial charge in [-0.3, -0.25) is 4.79 Å². The lowest BCUT2D eigenvalue weighted by atomic mass is 10.1. The summed E-state index contributed by atoms with van der Waals surface area (Å²) in [4.78, 5) is 14.5. The number of likely N-dealkylation sites (tertiary alicyclic amines) is 1. The Hall–Kier alpha value is -2.63. The molecule has 2 aromatic rings. The van der Waals surface area contributed by atoms with Gasteiger partial charge in [0.2, 0.25) is 5.88 Å². The molecule has 1 aromatic heterocycles. The molecule has 6 nitrogen and oxygen atoms in total. The Balaban J connectivity index is 1.58. The highest BCUT2D eigenvalue weighted by Crippen LogP contribution is 2.23. The number of piperidine rings is 1. The first-order valence-corrected chi connectivity index (χ1v) is 8.06. The van der Waals surface area contributed by atoms with Crippen LogP contribution in [0.15, 0.2) is 36.4 Å². The molecular formula is C18H21N3O3. The van der Waals surface area contributed by atoms with Crippen LogP contribution in [0.5, 0.6) is 11.6 Å². The van der Waals surface area contributed by atoms with E-state index in [1.54, 1.807) is 19.2 Å². The predicted molar refractivity (Wildman–Crippen MR) is 89.3 cm³/mol. The smallest absolute Gasteiger partial charge is 0.257 e. The molecule has 1 aromatic carbocycles. The molecule has 0 aliphatic carbocycles. The SMILES string of the molecule is COc1ccccc1C(=O)N1CCC(Oc2ccc(C)nn2)CC1. The quantitative estimate of drug-likeness (QED) is 0.863. The lowest BCUT2D eigenvalue weighted by Gasteiger charge is -2.32. The van der Waals surface area contributed by atoms with E-state index < -0.39 is 0 Å². The fraction of sp³-hybridized carbons (Fsp3) is 0.389. The second-order valence-electron chi connectivity index (χ2n) is 5.82. The summed E-state index contributed by atoms with van der Waals surface area (Å²) in [6.07, 6.45) is 1.61. The summed E-state index contributed by atoms with van der Waals surface area (Å²) >= 11 is 0. The predicted octanol–water partition coefficient (Wildman–Crippen LogP) is 2.48. The minimum Gasteiger partial charge on any atom is -0.496 e. The second-order valence-corrected chi connectivity index (χ2v) is 5.82. The molecule has 1 aliphatic heterocycles. The zero-order chi connectivity index (χ0) is 16.9. The molecule has 126 valence electrons. The lowest BCUT2D eigenvalue weighted by Crippen LogP contribution is -2.42. The molecule has 0 saturated carbocycles. The van der Waals surface area contributed by atoms with Gasteiger partial charge in [0, 0.05) is 32.0 Å². The summed E-state index contributed by atoms with van der Waals surface area (Å²) in [5.41, 5.74) is 1.46. The van der Waals surface area contributed by atoms with Gasteiger partial charge in [-0.15, -0.1) is 5.10 Å². The van der Waals surface area contributed by atoms with E-state index >= 15 is 0 Å². The molecule has 0 spiro atoms. The normalized spacial score (nSPS) is 15.2. The highest BCUT2D eigenvalue weighted by Gasteiger charge is 2.26. The first-order valence-electron chi connectivity index (χ1n) is 8.06. The van der Waals surface area contributed by atoms with Crippen molar-refractivity contribution in [2.75, 3.05) is 20.2 Å². The van der Waals surface area contributed by atoms with Gasteiger partial charge in [0.15, 0.2) is 0 Å². The van der Waals surface area contributed by atoms with E-state index in [0.29, 0.717) is 30.3 Å². The van der Waals surface area contributed by atoms with Crippen LogP contribution >= 0.6 is 0 Å². The number of carbonyl (C=O) groups excluding carboxylic acids is 1. The van der Waals surface area contributed by atoms with Crippen molar-refractivity contribution >= 4 is 5.91 Å². The number of hydrogen-bond acceptors (Lipinski definition) is 5. The molecule has 0 bridgehead atoms. The average molecular weight is 327 g/mol. The Bertz CT molecular complexity index is 695. The monoisotopic (exact) mass is 327 g/mol. The average Bonchev–Trinajstić information content (AvgIpc) is 2.63.